The van der Waals surface area contributed by atoms with Gasteiger partial charge in [-0.3, -0.25) is 4.18 Å². The summed E-state index contributed by atoms with van der Waals surface area (Å²) in [6.45, 7) is 14.8. The molecular formula is C34H62O14S. The van der Waals surface area contributed by atoms with E-state index in [1.54, 1.807) is 12.1 Å². The van der Waals surface area contributed by atoms with Crippen molar-refractivity contribution in [1.29, 1.82) is 0 Å². The van der Waals surface area contributed by atoms with E-state index >= 15 is 0 Å². The van der Waals surface area contributed by atoms with E-state index in [-0.39, 0.29) is 18.1 Å². The van der Waals surface area contributed by atoms with Crippen LogP contribution in [-0.4, -0.2) is 160 Å². The third-order valence-corrected chi connectivity index (χ3v) is 7.71. The van der Waals surface area contributed by atoms with Crippen molar-refractivity contribution in [2.24, 2.45) is 0 Å². The second-order valence-corrected chi connectivity index (χ2v) is 12.1. The van der Waals surface area contributed by atoms with Gasteiger partial charge in [0.25, 0.3) is 10.1 Å². The number of unbranched alkanes of at least 4 members (excludes halogenated alkanes) is 2. The van der Waals surface area contributed by atoms with E-state index in [1.807, 2.05) is 6.92 Å². The summed E-state index contributed by atoms with van der Waals surface area (Å²) in [6.07, 6.45) is 3.52. The molecule has 0 aliphatic heterocycles. The topological polar surface area (TPSA) is 145 Å². The van der Waals surface area contributed by atoms with Gasteiger partial charge in [0, 0.05) is 6.61 Å². The van der Waals surface area contributed by atoms with Gasteiger partial charge < -0.3 is 52.1 Å². The molecule has 49 heavy (non-hydrogen) atoms. The molecule has 0 fully saturated rings. The first-order chi connectivity index (χ1) is 24.1. The van der Waals surface area contributed by atoms with Crippen LogP contribution in [0.15, 0.2) is 29.2 Å². The Morgan fingerprint density at radius 3 is 0.939 bits per heavy atom. The lowest BCUT2D eigenvalue weighted by Crippen LogP contribution is -2.16. The molecule has 0 bridgehead atoms. The Kier molecular flexibility index (Phi) is 32.8. The third-order valence-electron chi connectivity index (χ3n) is 6.39. The SMILES string of the molecule is CCCCCOCCOCCOCCOCCOCCOCCOCCOCCOCCOCCOCCOS(=O)(=O)c1ccc(C)cc1. The molecule has 0 atom stereocenters. The van der Waals surface area contributed by atoms with E-state index in [4.69, 9.17) is 56.3 Å². The van der Waals surface area contributed by atoms with Crippen LogP contribution < -0.4 is 0 Å². The van der Waals surface area contributed by atoms with Crippen molar-refractivity contribution in [3.63, 3.8) is 0 Å². The summed E-state index contributed by atoms with van der Waals surface area (Å²) in [5.41, 5.74) is 0.976. The second-order valence-electron chi connectivity index (χ2n) is 10.5. The summed E-state index contributed by atoms with van der Waals surface area (Å²) in [7, 11) is -3.77. The highest BCUT2D eigenvalue weighted by atomic mass is 32.2. The van der Waals surface area contributed by atoms with E-state index in [9.17, 15) is 8.42 Å². The minimum Gasteiger partial charge on any atom is -0.379 e. The molecule has 0 aliphatic rings. The van der Waals surface area contributed by atoms with Gasteiger partial charge in [-0.05, 0) is 25.5 Å². The van der Waals surface area contributed by atoms with Gasteiger partial charge in [0.1, 0.15) is 0 Å². The summed E-state index contributed by atoms with van der Waals surface area (Å²) in [5.74, 6) is 0. The predicted molar refractivity (Wildman–Crippen MR) is 183 cm³/mol. The number of aryl methyl sites for hydroxylation is 1. The lowest BCUT2D eigenvalue weighted by atomic mass is 10.2. The smallest absolute Gasteiger partial charge is 0.297 e. The van der Waals surface area contributed by atoms with Crippen molar-refractivity contribution >= 4 is 10.1 Å². The van der Waals surface area contributed by atoms with Gasteiger partial charge in [-0.25, -0.2) is 0 Å². The van der Waals surface area contributed by atoms with Crippen molar-refractivity contribution in [2.75, 3.05) is 152 Å². The maximum absolute atomic E-state index is 12.1. The average molecular weight is 727 g/mol. The average Bonchev–Trinajstić information content (AvgIpc) is 3.09. The molecule has 0 heterocycles. The molecule has 0 saturated heterocycles. The van der Waals surface area contributed by atoms with Crippen molar-refractivity contribution in [1.82, 2.24) is 0 Å². The maximum atomic E-state index is 12.1. The van der Waals surface area contributed by atoms with Crippen molar-refractivity contribution in [3.05, 3.63) is 29.8 Å². The minimum atomic E-state index is -3.77. The monoisotopic (exact) mass is 726 g/mol. The molecule has 1 rings (SSSR count). The van der Waals surface area contributed by atoms with Gasteiger partial charge in [-0.15, -0.1) is 0 Å². The van der Waals surface area contributed by atoms with Gasteiger partial charge in [0.05, 0.1) is 150 Å². The summed E-state index contributed by atoms with van der Waals surface area (Å²) >= 11 is 0. The normalized spacial score (nSPS) is 11.9. The van der Waals surface area contributed by atoms with Crippen LogP contribution >= 0.6 is 0 Å². The molecule has 0 amide bonds. The Morgan fingerprint density at radius 2 is 0.653 bits per heavy atom. The molecule has 288 valence electrons. The number of ether oxygens (including phenoxy) is 11. The Hall–Kier alpha value is -1.31. The van der Waals surface area contributed by atoms with Crippen LogP contribution in [0.25, 0.3) is 0 Å². The highest BCUT2D eigenvalue weighted by molar-refractivity contribution is 7.86. The second kappa shape index (κ2) is 35.1. The van der Waals surface area contributed by atoms with Crippen LogP contribution in [0.3, 0.4) is 0 Å². The standard InChI is InChI=1S/C34H62O14S/c1-3-4-5-10-37-11-12-38-13-14-39-15-16-40-17-18-41-19-20-42-21-22-43-23-24-44-25-26-45-27-28-46-29-30-47-31-32-48-49(35,36)34-8-6-33(2)7-9-34/h6-9H,3-5,10-32H2,1-2H3. The molecule has 1 aromatic rings. The van der Waals surface area contributed by atoms with Gasteiger partial charge in [0.2, 0.25) is 0 Å². The van der Waals surface area contributed by atoms with E-state index < -0.39 is 10.1 Å². The number of rotatable bonds is 39. The zero-order chi connectivity index (χ0) is 35.4. The lowest BCUT2D eigenvalue weighted by molar-refractivity contribution is -0.0277. The van der Waals surface area contributed by atoms with Gasteiger partial charge in [-0.2, -0.15) is 8.42 Å². The Bertz CT molecular complexity index is 920. The summed E-state index contributed by atoms with van der Waals surface area (Å²) in [6, 6.07) is 6.48. The molecule has 15 heteroatoms. The lowest BCUT2D eigenvalue weighted by Gasteiger charge is -2.09. The summed E-state index contributed by atoms with van der Waals surface area (Å²) in [5, 5.41) is 0. The van der Waals surface area contributed by atoms with Gasteiger partial charge in [0.15, 0.2) is 0 Å². The highest BCUT2D eigenvalue weighted by Crippen LogP contribution is 2.12. The van der Waals surface area contributed by atoms with Crippen LogP contribution in [-0.2, 0) is 66.4 Å². The van der Waals surface area contributed by atoms with Crippen molar-refractivity contribution in [3.8, 4) is 0 Å². The molecule has 0 spiro atoms. The van der Waals surface area contributed by atoms with Gasteiger partial charge in [-0.1, -0.05) is 37.5 Å². The fourth-order valence-corrected chi connectivity index (χ4v) is 4.62. The Labute approximate surface area is 294 Å². The van der Waals surface area contributed by atoms with Gasteiger partial charge >= 0.3 is 0 Å². The maximum Gasteiger partial charge on any atom is 0.297 e. The minimum absolute atomic E-state index is 0.0587. The quantitative estimate of drug-likeness (QED) is 0.0724. The Morgan fingerprint density at radius 1 is 0.388 bits per heavy atom. The van der Waals surface area contributed by atoms with Crippen LogP contribution in [0, 0.1) is 6.92 Å². The van der Waals surface area contributed by atoms with Crippen molar-refractivity contribution in [2.45, 2.75) is 38.0 Å². The first kappa shape index (κ1) is 45.7. The zero-order valence-electron chi connectivity index (χ0n) is 29.8. The number of hydrogen-bond donors (Lipinski definition) is 0. The summed E-state index contributed by atoms with van der Waals surface area (Å²) < 4.78 is 89.1. The molecular weight excluding hydrogens is 664 g/mol. The van der Waals surface area contributed by atoms with E-state index in [0.717, 1.165) is 18.6 Å². The van der Waals surface area contributed by atoms with Crippen molar-refractivity contribution < 1.29 is 64.7 Å². The third kappa shape index (κ3) is 31.2. The van der Waals surface area contributed by atoms with Crippen LogP contribution in [0.5, 0.6) is 0 Å². The molecule has 0 radical (unpaired) electrons. The van der Waals surface area contributed by atoms with Crippen LogP contribution in [0.2, 0.25) is 0 Å². The molecule has 14 nitrogen and oxygen atoms in total. The number of benzene rings is 1. The molecule has 0 saturated carbocycles. The molecule has 0 N–H and O–H groups in total. The largest absolute Gasteiger partial charge is 0.379 e. The fourth-order valence-electron chi connectivity index (χ4n) is 3.73. The molecule has 0 unspecified atom stereocenters. The highest BCUT2D eigenvalue weighted by Gasteiger charge is 2.14. The fraction of sp³-hybridized carbons (Fsp3) is 0.824. The van der Waals surface area contributed by atoms with Crippen LogP contribution in [0.4, 0.5) is 0 Å². The predicted octanol–water partition coefficient (Wildman–Crippen LogP) is 3.07. The Balaban J connectivity index is 1.67. The molecule has 0 aliphatic carbocycles. The van der Waals surface area contributed by atoms with E-state index in [2.05, 4.69) is 6.92 Å². The number of hydrogen-bond acceptors (Lipinski definition) is 14. The first-order valence-electron chi connectivity index (χ1n) is 17.4. The molecule has 0 aromatic heterocycles. The molecule has 1 aromatic carbocycles. The zero-order valence-corrected chi connectivity index (χ0v) is 30.6. The van der Waals surface area contributed by atoms with E-state index in [1.165, 1.54) is 25.0 Å². The first-order valence-corrected chi connectivity index (χ1v) is 18.8. The van der Waals surface area contributed by atoms with E-state index in [0.29, 0.717) is 132 Å². The summed E-state index contributed by atoms with van der Waals surface area (Å²) in [4.78, 5) is 0.129. The van der Waals surface area contributed by atoms with Crippen LogP contribution in [0.1, 0.15) is 31.7 Å².